The van der Waals surface area contributed by atoms with Gasteiger partial charge in [0.05, 0.1) is 18.2 Å². The molecule has 2 unspecified atom stereocenters. The van der Waals surface area contributed by atoms with Crippen molar-refractivity contribution >= 4 is 50.0 Å². The van der Waals surface area contributed by atoms with Crippen LogP contribution in [0.4, 0.5) is 10.9 Å². The van der Waals surface area contributed by atoms with Gasteiger partial charge in [0.25, 0.3) is 0 Å². The van der Waals surface area contributed by atoms with Crippen molar-refractivity contribution in [2.45, 2.75) is 19.4 Å². The van der Waals surface area contributed by atoms with Gasteiger partial charge in [-0.05, 0) is 18.9 Å². The molecule has 1 aliphatic rings. The van der Waals surface area contributed by atoms with E-state index in [0.29, 0.717) is 0 Å². The van der Waals surface area contributed by atoms with E-state index in [9.17, 15) is 22.8 Å². The van der Waals surface area contributed by atoms with Crippen LogP contribution in [0.25, 0.3) is 0 Å². The van der Waals surface area contributed by atoms with Gasteiger partial charge < -0.3 is 16.8 Å². The van der Waals surface area contributed by atoms with E-state index >= 15 is 0 Å². The molecule has 1 aromatic heterocycles. The van der Waals surface area contributed by atoms with Crippen molar-refractivity contribution in [1.82, 2.24) is 14.6 Å². The average Bonchev–Trinajstić information content (AvgIpc) is 3.19. The van der Waals surface area contributed by atoms with E-state index in [-0.39, 0.29) is 37.0 Å². The molecular weight excluding hydrogens is 468 g/mol. The summed E-state index contributed by atoms with van der Waals surface area (Å²) in [6.07, 6.45) is 0.0978. The zero-order chi connectivity index (χ0) is 24.2. The number of hydrogen-bond acceptors (Lipinski definition) is 8. The second-order valence-electron chi connectivity index (χ2n) is 7.68. The Morgan fingerprint density at radius 2 is 2.00 bits per heavy atom. The molecule has 0 aliphatic carbocycles. The first-order valence-corrected chi connectivity index (χ1v) is 12.7. The second kappa shape index (κ2) is 10.3. The Balaban J connectivity index is 1.97. The number of nitrogens with two attached hydrogens (primary N) is 2. The Hall–Kier alpha value is -3.03. The van der Waals surface area contributed by atoms with E-state index in [2.05, 4.69) is 10.3 Å². The molecule has 0 radical (unpaired) electrons. The van der Waals surface area contributed by atoms with Crippen molar-refractivity contribution in [3.05, 3.63) is 41.3 Å². The van der Waals surface area contributed by atoms with Crippen LogP contribution in [0.1, 0.15) is 12.5 Å². The van der Waals surface area contributed by atoms with Gasteiger partial charge in [0.15, 0.2) is 5.13 Å². The molecule has 11 nitrogen and oxygen atoms in total. The van der Waals surface area contributed by atoms with Gasteiger partial charge in [-0.2, -0.15) is 4.31 Å². The molecule has 3 rings (SSSR count). The summed E-state index contributed by atoms with van der Waals surface area (Å²) in [5.41, 5.74) is 11.9. The molecule has 0 spiro atoms. The Labute approximate surface area is 195 Å². The molecule has 1 fully saturated rings. The number of benzene rings is 1. The van der Waals surface area contributed by atoms with Crippen molar-refractivity contribution in [2.75, 3.05) is 36.0 Å². The number of nitrogens with one attached hydrogen (secondary N) is 1. The lowest BCUT2D eigenvalue weighted by Crippen LogP contribution is -2.53. The number of sulfonamides is 1. The zero-order valence-electron chi connectivity index (χ0n) is 18.0. The quantitative estimate of drug-likeness (QED) is 0.424. The molecule has 1 aliphatic heterocycles. The van der Waals surface area contributed by atoms with Gasteiger partial charge in [-0.25, -0.2) is 13.4 Å². The third kappa shape index (κ3) is 6.06. The lowest BCUT2D eigenvalue weighted by atomic mass is 9.99. The van der Waals surface area contributed by atoms with Crippen LogP contribution < -0.4 is 21.7 Å². The molecule has 5 N–H and O–H groups in total. The molecular formula is C20H26N6O5S2. The first-order valence-electron chi connectivity index (χ1n) is 10.2. The number of nitrogens with zero attached hydrogens (tertiary/aromatic N) is 3. The topological polar surface area (TPSA) is 169 Å². The van der Waals surface area contributed by atoms with Crippen LogP contribution in [0.5, 0.6) is 0 Å². The fraction of sp³-hybridized carbons (Fsp3) is 0.400. The highest BCUT2D eigenvalue weighted by Gasteiger charge is 2.38. The third-order valence-electron chi connectivity index (χ3n) is 5.28. The molecule has 178 valence electrons. The molecule has 2 atom stereocenters. The number of anilines is 2. The van der Waals surface area contributed by atoms with Crippen LogP contribution >= 0.6 is 11.3 Å². The molecule has 2 aromatic rings. The summed E-state index contributed by atoms with van der Waals surface area (Å²) < 4.78 is 27.4. The molecule has 0 bridgehead atoms. The Bertz CT molecular complexity index is 1120. The maximum absolute atomic E-state index is 13.7. The van der Waals surface area contributed by atoms with Gasteiger partial charge in [-0.3, -0.25) is 19.3 Å². The van der Waals surface area contributed by atoms with Crippen molar-refractivity contribution in [2.24, 2.45) is 11.7 Å². The molecule has 3 amide bonds. The van der Waals surface area contributed by atoms with Crippen LogP contribution in [-0.2, 0) is 30.8 Å². The molecule has 0 saturated carbocycles. The average molecular weight is 495 g/mol. The summed E-state index contributed by atoms with van der Waals surface area (Å²) in [6.45, 7) is 1.44. The first kappa shape index (κ1) is 24.6. The van der Waals surface area contributed by atoms with E-state index in [0.717, 1.165) is 26.1 Å². The molecule has 33 heavy (non-hydrogen) atoms. The van der Waals surface area contributed by atoms with Crippen LogP contribution in [-0.4, -0.2) is 66.9 Å². The predicted octanol–water partition coefficient (Wildman–Crippen LogP) is -0.447. The highest BCUT2D eigenvalue weighted by Crippen LogP contribution is 2.26. The number of rotatable bonds is 9. The molecule has 2 heterocycles. The van der Waals surface area contributed by atoms with Crippen LogP contribution in [0.3, 0.4) is 0 Å². The number of thiazole rings is 1. The zero-order valence-corrected chi connectivity index (χ0v) is 19.6. The monoisotopic (exact) mass is 494 g/mol. The van der Waals surface area contributed by atoms with E-state index in [1.165, 1.54) is 12.3 Å². The van der Waals surface area contributed by atoms with E-state index < -0.39 is 45.5 Å². The minimum Gasteiger partial charge on any atom is -0.375 e. The third-order valence-corrected chi connectivity index (χ3v) is 7.86. The van der Waals surface area contributed by atoms with Crippen molar-refractivity contribution in [1.29, 1.82) is 0 Å². The number of amides is 3. The van der Waals surface area contributed by atoms with E-state index in [4.69, 9.17) is 11.5 Å². The highest BCUT2D eigenvalue weighted by atomic mass is 32.2. The predicted molar refractivity (Wildman–Crippen MR) is 125 cm³/mol. The fourth-order valence-electron chi connectivity index (χ4n) is 3.54. The Morgan fingerprint density at radius 1 is 1.30 bits per heavy atom. The van der Waals surface area contributed by atoms with Crippen LogP contribution in [0, 0.1) is 5.92 Å². The summed E-state index contributed by atoms with van der Waals surface area (Å²) in [5.74, 6) is -3.29. The van der Waals surface area contributed by atoms with E-state index in [1.807, 2.05) is 6.07 Å². The van der Waals surface area contributed by atoms with Gasteiger partial charge in [-0.15, -0.1) is 11.3 Å². The van der Waals surface area contributed by atoms with Gasteiger partial charge in [0, 0.05) is 18.5 Å². The van der Waals surface area contributed by atoms with E-state index in [1.54, 1.807) is 24.3 Å². The minimum atomic E-state index is -3.97. The number of carbonyl (C=O) groups excluding carboxylic acids is 3. The summed E-state index contributed by atoms with van der Waals surface area (Å²) in [4.78, 5) is 42.6. The number of piperazine rings is 1. The molecule has 13 heteroatoms. The van der Waals surface area contributed by atoms with Crippen molar-refractivity contribution < 1.29 is 22.8 Å². The number of aromatic nitrogens is 1. The minimum absolute atomic E-state index is 0.0978. The Kier molecular flexibility index (Phi) is 7.66. The summed E-state index contributed by atoms with van der Waals surface area (Å²) in [7, 11) is -3.97. The second-order valence-corrected chi connectivity index (χ2v) is 10.6. The van der Waals surface area contributed by atoms with Crippen molar-refractivity contribution in [3.8, 4) is 0 Å². The number of hydrogen-bond donors (Lipinski definition) is 3. The van der Waals surface area contributed by atoms with Gasteiger partial charge in [0.2, 0.25) is 27.7 Å². The normalized spacial score (nSPS) is 16.6. The lowest BCUT2D eigenvalue weighted by molar-refractivity contribution is -0.126. The summed E-state index contributed by atoms with van der Waals surface area (Å²) in [5, 5.41) is 4.27. The number of carbonyl (C=O) groups is 3. The SMILES string of the molecule is CC(C(N)=O)N(C(=O)C(Cc1ccccc1)CS(=O)(=O)N1CCNC(=O)C1)c1csc(N)n1. The van der Waals surface area contributed by atoms with Gasteiger partial charge >= 0.3 is 0 Å². The summed E-state index contributed by atoms with van der Waals surface area (Å²) in [6, 6.07) is 7.86. The maximum Gasteiger partial charge on any atom is 0.240 e. The fourth-order valence-corrected chi connectivity index (χ4v) is 5.75. The smallest absolute Gasteiger partial charge is 0.240 e. The van der Waals surface area contributed by atoms with Gasteiger partial charge in [-0.1, -0.05) is 30.3 Å². The summed E-state index contributed by atoms with van der Waals surface area (Å²) >= 11 is 1.08. The Morgan fingerprint density at radius 3 is 2.58 bits per heavy atom. The number of primary amides is 1. The first-order chi connectivity index (χ1) is 15.6. The maximum atomic E-state index is 13.7. The standard InChI is InChI=1S/C20H26N6O5S2/c1-13(18(21)28)26(16-11-32-20(22)24-16)19(29)15(9-14-5-3-2-4-6-14)12-33(30,31)25-8-7-23-17(27)10-25/h2-6,11,13,15H,7-10,12H2,1H3,(H2,21,28)(H2,22,24)(H,23,27). The molecule has 1 saturated heterocycles. The largest absolute Gasteiger partial charge is 0.375 e. The van der Waals surface area contributed by atoms with Crippen molar-refractivity contribution in [3.63, 3.8) is 0 Å². The number of nitrogen functional groups attached to an aromatic ring is 1. The van der Waals surface area contributed by atoms with Crippen LogP contribution in [0.2, 0.25) is 0 Å². The highest BCUT2D eigenvalue weighted by molar-refractivity contribution is 7.89. The van der Waals surface area contributed by atoms with Gasteiger partial charge in [0.1, 0.15) is 11.9 Å². The lowest BCUT2D eigenvalue weighted by Gasteiger charge is -2.31. The molecule has 1 aromatic carbocycles. The van der Waals surface area contributed by atoms with Crippen LogP contribution in [0.15, 0.2) is 35.7 Å².